The Hall–Kier alpha value is -0.580. The molecule has 1 aromatic rings. The summed E-state index contributed by atoms with van der Waals surface area (Å²) < 4.78 is 6.55. The minimum Gasteiger partial charge on any atom is -0.496 e. The van der Waals surface area contributed by atoms with E-state index in [1.807, 2.05) is 19.1 Å². The van der Waals surface area contributed by atoms with E-state index < -0.39 is 0 Å². The number of hydrogen-bond acceptors (Lipinski definition) is 3. The quantitative estimate of drug-likeness (QED) is 0.837. The summed E-state index contributed by atoms with van der Waals surface area (Å²) in [6, 6.07) is 6.71. The Labute approximate surface area is 136 Å². The van der Waals surface area contributed by atoms with Crippen molar-refractivity contribution in [2.24, 2.45) is 0 Å². The highest BCUT2D eigenvalue weighted by Crippen LogP contribution is 2.28. The molecule has 0 radical (unpaired) electrons. The maximum Gasteiger partial charge on any atom is 0.123 e. The fourth-order valence-corrected chi connectivity index (χ4v) is 3.63. The van der Waals surface area contributed by atoms with Crippen LogP contribution in [0.5, 0.6) is 5.75 Å². The molecule has 4 heteroatoms. The highest BCUT2D eigenvalue weighted by Gasteiger charge is 2.23. The second-order valence-corrected chi connectivity index (χ2v) is 6.94. The number of halogens is 1. The van der Waals surface area contributed by atoms with Gasteiger partial charge >= 0.3 is 0 Å². The van der Waals surface area contributed by atoms with Crippen molar-refractivity contribution in [3.05, 3.63) is 28.2 Å². The summed E-state index contributed by atoms with van der Waals surface area (Å²) in [5.74, 6) is 0.921. The van der Waals surface area contributed by atoms with Gasteiger partial charge in [-0.05, 0) is 38.0 Å². The van der Waals surface area contributed by atoms with E-state index in [2.05, 4.69) is 26.9 Å². The molecule has 1 atom stereocenters. The molecular formula is C17H26BrNO2. The second kappa shape index (κ2) is 8.16. The number of aliphatic hydroxyl groups is 1. The van der Waals surface area contributed by atoms with Gasteiger partial charge in [-0.15, -0.1) is 0 Å². The summed E-state index contributed by atoms with van der Waals surface area (Å²) in [5.41, 5.74) is 1.18. The molecule has 0 saturated heterocycles. The van der Waals surface area contributed by atoms with Crippen molar-refractivity contribution >= 4 is 15.9 Å². The fourth-order valence-electron chi connectivity index (χ4n) is 3.22. The van der Waals surface area contributed by atoms with Crippen LogP contribution in [-0.2, 0) is 6.54 Å². The summed E-state index contributed by atoms with van der Waals surface area (Å²) in [6.45, 7) is 3.42. The Morgan fingerprint density at radius 3 is 2.67 bits per heavy atom. The van der Waals surface area contributed by atoms with Gasteiger partial charge in [0.15, 0.2) is 0 Å². The maximum atomic E-state index is 9.83. The third-order valence-corrected chi connectivity index (χ3v) is 4.70. The van der Waals surface area contributed by atoms with Gasteiger partial charge in [-0.25, -0.2) is 0 Å². The van der Waals surface area contributed by atoms with Crippen molar-refractivity contribution in [2.45, 2.75) is 57.7 Å². The first-order valence-corrected chi connectivity index (χ1v) is 8.64. The van der Waals surface area contributed by atoms with E-state index >= 15 is 0 Å². The molecule has 0 amide bonds. The van der Waals surface area contributed by atoms with Crippen LogP contribution < -0.4 is 4.74 Å². The smallest absolute Gasteiger partial charge is 0.123 e. The SMILES string of the molecule is COc1ccc(Br)cc1CN(CC(C)O)C1CCCCC1. The van der Waals surface area contributed by atoms with Gasteiger partial charge in [-0.1, -0.05) is 35.2 Å². The predicted octanol–water partition coefficient (Wildman–Crippen LogP) is 3.97. The Kier molecular flexibility index (Phi) is 6.52. The summed E-state index contributed by atoms with van der Waals surface area (Å²) in [7, 11) is 1.71. The van der Waals surface area contributed by atoms with Crippen LogP contribution in [0.4, 0.5) is 0 Å². The van der Waals surface area contributed by atoms with E-state index in [1.54, 1.807) is 7.11 Å². The average molecular weight is 356 g/mol. The first-order valence-electron chi connectivity index (χ1n) is 7.84. The molecule has 118 valence electrons. The van der Waals surface area contributed by atoms with Gasteiger partial charge in [0.2, 0.25) is 0 Å². The van der Waals surface area contributed by atoms with Gasteiger partial charge in [0.05, 0.1) is 13.2 Å². The topological polar surface area (TPSA) is 32.7 Å². The zero-order chi connectivity index (χ0) is 15.2. The number of rotatable bonds is 6. The molecule has 0 spiro atoms. The molecule has 1 aliphatic rings. The van der Waals surface area contributed by atoms with E-state index in [-0.39, 0.29) is 6.10 Å². The fraction of sp³-hybridized carbons (Fsp3) is 0.647. The highest BCUT2D eigenvalue weighted by atomic mass is 79.9. The predicted molar refractivity (Wildman–Crippen MR) is 89.7 cm³/mol. The largest absolute Gasteiger partial charge is 0.496 e. The lowest BCUT2D eigenvalue weighted by Crippen LogP contribution is -2.40. The van der Waals surface area contributed by atoms with Crippen LogP contribution in [0, 0.1) is 0 Å². The van der Waals surface area contributed by atoms with Crippen LogP contribution in [0.15, 0.2) is 22.7 Å². The molecular weight excluding hydrogens is 330 g/mol. The number of benzene rings is 1. The first kappa shape index (κ1) is 16.8. The molecule has 1 saturated carbocycles. The first-order chi connectivity index (χ1) is 10.1. The van der Waals surface area contributed by atoms with Crippen LogP contribution in [0.2, 0.25) is 0 Å². The summed E-state index contributed by atoms with van der Waals surface area (Å²) in [6.07, 6.45) is 6.13. The molecule has 1 unspecified atom stereocenters. The zero-order valence-corrected chi connectivity index (χ0v) is 14.6. The van der Waals surface area contributed by atoms with E-state index in [0.717, 1.165) is 23.3 Å². The molecule has 1 aromatic carbocycles. The van der Waals surface area contributed by atoms with Crippen LogP contribution >= 0.6 is 15.9 Å². The van der Waals surface area contributed by atoms with E-state index in [0.29, 0.717) is 6.04 Å². The number of nitrogens with zero attached hydrogens (tertiary/aromatic N) is 1. The lowest BCUT2D eigenvalue weighted by atomic mass is 9.93. The Balaban J connectivity index is 2.15. The third kappa shape index (κ3) is 4.97. The van der Waals surface area contributed by atoms with Crippen molar-refractivity contribution in [1.82, 2.24) is 4.90 Å². The Morgan fingerprint density at radius 2 is 2.05 bits per heavy atom. The lowest BCUT2D eigenvalue weighted by molar-refractivity contribution is 0.0763. The molecule has 3 nitrogen and oxygen atoms in total. The van der Waals surface area contributed by atoms with Crippen LogP contribution in [-0.4, -0.2) is 35.8 Å². The Bertz CT molecular complexity index is 444. The van der Waals surface area contributed by atoms with Gasteiger partial charge in [-0.3, -0.25) is 4.90 Å². The number of ether oxygens (including phenoxy) is 1. The second-order valence-electron chi connectivity index (χ2n) is 6.03. The number of methoxy groups -OCH3 is 1. The highest BCUT2D eigenvalue weighted by molar-refractivity contribution is 9.10. The van der Waals surface area contributed by atoms with Gasteiger partial charge in [-0.2, -0.15) is 0 Å². The van der Waals surface area contributed by atoms with Crippen molar-refractivity contribution < 1.29 is 9.84 Å². The van der Waals surface area contributed by atoms with Crippen LogP contribution in [0.3, 0.4) is 0 Å². The molecule has 0 aliphatic heterocycles. The molecule has 1 aliphatic carbocycles. The molecule has 0 bridgehead atoms. The third-order valence-electron chi connectivity index (χ3n) is 4.21. The van der Waals surface area contributed by atoms with E-state index in [4.69, 9.17) is 4.74 Å². The normalized spacial score (nSPS) is 18.0. The van der Waals surface area contributed by atoms with Crippen LogP contribution in [0.25, 0.3) is 0 Å². The molecule has 1 fully saturated rings. The molecule has 0 aromatic heterocycles. The van der Waals surface area contributed by atoms with Gasteiger partial charge in [0.25, 0.3) is 0 Å². The van der Waals surface area contributed by atoms with Crippen molar-refractivity contribution in [2.75, 3.05) is 13.7 Å². The van der Waals surface area contributed by atoms with E-state index in [1.165, 1.54) is 37.7 Å². The maximum absolute atomic E-state index is 9.83. The van der Waals surface area contributed by atoms with E-state index in [9.17, 15) is 5.11 Å². The summed E-state index contributed by atoms with van der Waals surface area (Å²) in [5, 5.41) is 9.83. The molecule has 0 heterocycles. The number of hydrogen-bond donors (Lipinski definition) is 1. The lowest BCUT2D eigenvalue weighted by Gasteiger charge is -2.35. The van der Waals surface area contributed by atoms with Crippen molar-refractivity contribution in [3.63, 3.8) is 0 Å². The monoisotopic (exact) mass is 355 g/mol. The molecule has 21 heavy (non-hydrogen) atoms. The average Bonchev–Trinajstić information content (AvgIpc) is 2.47. The van der Waals surface area contributed by atoms with Gasteiger partial charge in [0, 0.05) is 29.2 Å². The Morgan fingerprint density at radius 1 is 1.33 bits per heavy atom. The zero-order valence-electron chi connectivity index (χ0n) is 13.0. The van der Waals surface area contributed by atoms with Gasteiger partial charge < -0.3 is 9.84 Å². The molecule has 1 N–H and O–H groups in total. The standard InChI is InChI=1S/C17H26BrNO2/c1-13(20)11-19(16-6-4-3-5-7-16)12-14-10-15(18)8-9-17(14)21-2/h8-10,13,16,20H,3-7,11-12H2,1-2H3. The van der Waals surface area contributed by atoms with Crippen molar-refractivity contribution in [3.8, 4) is 5.75 Å². The minimum absolute atomic E-state index is 0.301. The summed E-state index contributed by atoms with van der Waals surface area (Å²) in [4.78, 5) is 2.42. The summed E-state index contributed by atoms with van der Waals surface area (Å²) >= 11 is 3.54. The van der Waals surface area contributed by atoms with Crippen molar-refractivity contribution in [1.29, 1.82) is 0 Å². The van der Waals surface area contributed by atoms with Crippen LogP contribution in [0.1, 0.15) is 44.6 Å². The number of aliphatic hydroxyl groups excluding tert-OH is 1. The molecule has 2 rings (SSSR count). The van der Waals surface area contributed by atoms with Gasteiger partial charge in [0.1, 0.15) is 5.75 Å². The minimum atomic E-state index is -0.301.